The fraction of sp³-hybridized carbons (Fsp3) is 0.476. The zero-order valence-corrected chi connectivity index (χ0v) is 18.8. The molecule has 1 atom stereocenters. The lowest BCUT2D eigenvalue weighted by atomic mass is 10.1. The molecule has 0 saturated heterocycles. The molecule has 164 valence electrons. The largest absolute Gasteiger partial charge is 0.458 e. The summed E-state index contributed by atoms with van der Waals surface area (Å²) in [6.07, 6.45) is 0.637. The van der Waals surface area contributed by atoms with Crippen LogP contribution < -0.4 is 10.9 Å². The number of halogens is 1. The highest BCUT2D eigenvalue weighted by Crippen LogP contribution is 2.15. The fourth-order valence-corrected chi connectivity index (χ4v) is 2.78. The highest BCUT2D eigenvalue weighted by atomic mass is 35.5. The van der Waals surface area contributed by atoms with Crippen molar-refractivity contribution in [3.05, 3.63) is 51.4 Å². The zero-order valence-electron chi connectivity index (χ0n) is 18.0. The number of aromatic amines is 1. The van der Waals surface area contributed by atoms with E-state index in [1.54, 1.807) is 65.8 Å². The number of hydrogen-bond donors (Lipinski definition) is 2. The van der Waals surface area contributed by atoms with Crippen molar-refractivity contribution in [3.8, 4) is 5.69 Å². The first-order valence-electron chi connectivity index (χ1n) is 9.53. The van der Waals surface area contributed by atoms with E-state index >= 15 is 0 Å². The Morgan fingerprint density at radius 2 is 1.77 bits per heavy atom. The summed E-state index contributed by atoms with van der Waals surface area (Å²) in [7, 11) is 0. The quantitative estimate of drug-likeness (QED) is 0.696. The third-order valence-electron chi connectivity index (χ3n) is 3.72. The summed E-state index contributed by atoms with van der Waals surface area (Å²) in [4.78, 5) is 37.7. The molecule has 2 aromatic rings. The molecular formula is C21H28ClN3O5. The molecule has 2 N–H and O–H groups in total. The van der Waals surface area contributed by atoms with Gasteiger partial charge in [0, 0.05) is 23.2 Å². The van der Waals surface area contributed by atoms with Crippen molar-refractivity contribution in [3.63, 3.8) is 0 Å². The van der Waals surface area contributed by atoms with Gasteiger partial charge >= 0.3 is 12.1 Å². The van der Waals surface area contributed by atoms with Crippen LogP contribution in [-0.4, -0.2) is 39.1 Å². The second-order valence-electron chi connectivity index (χ2n) is 8.86. The monoisotopic (exact) mass is 437 g/mol. The summed E-state index contributed by atoms with van der Waals surface area (Å²) in [5, 5.41) is 5.84. The van der Waals surface area contributed by atoms with Crippen molar-refractivity contribution in [2.45, 2.75) is 65.2 Å². The Kier molecular flexibility index (Phi) is 7.02. The molecule has 0 aliphatic heterocycles. The van der Waals surface area contributed by atoms with Gasteiger partial charge in [0.25, 0.3) is 5.56 Å². The number of alkyl carbamates (subject to hydrolysis) is 1. The normalized spacial score (nSPS) is 12.9. The molecular weight excluding hydrogens is 410 g/mol. The molecule has 1 heterocycles. The minimum Gasteiger partial charge on any atom is -0.458 e. The smallest absolute Gasteiger partial charge is 0.408 e. The lowest BCUT2D eigenvalue weighted by Crippen LogP contribution is -2.47. The number of nitrogens with one attached hydrogen (secondary N) is 2. The van der Waals surface area contributed by atoms with Gasteiger partial charge in [0.05, 0.1) is 5.69 Å². The van der Waals surface area contributed by atoms with Crippen molar-refractivity contribution in [2.75, 3.05) is 0 Å². The maximum Gasteiger partial charge on any atom is 0.408 e. The van der Waals surface area contributed by atoms with E-state index in [1.165, 1.54) is 10.9 Å². The minimum atomic E-state index is -1.10. The van der Waals surface area contributed by atoms with Crippen molar-refractivity contribution in [2.24, 2.45) is 0 Å². The molecule has 0 spiro atoms. The number of H-pyrrole nitrogens is 1. The van der Waals surface area contributed by atoms with Crippen molar-refractivity contribution in [1.29, 1.82) is 0 Å². The number of esters is 1. The number of amides is 1. The van der Waals surface area contributed by atoms with Crippen LogP contribution in [0, 0.1) is 0 Å². The number of ether oxygens (including phenoxy) is 2. The molecule has 1 aromatic heterocycles. The molecule has 0 unspecified atom stereocenters. The topological polar surface area (TPSA) is 102 Å². The molecule has 0 aliphatic rings. The van der Waals surface area contributed by atoms with Crippen LogP contribution in [-0.2, 0) is 20.7 Å². The predicted octanol–water partition coefficient (Wildman–Crippen LogP) is 3.60. The summed E-state index contributed by atoms with van der Waals surface area (Å²) >= 11 is 6.00. The molecule has 0 saturated carbocycles. The van der Waals surface area contributed by atoms with Crippen LogP contribution in [0.1, 0.15) is 47.1 Å². The Labute approximate surface area is 180 Å². The summed E-state index contributed by atoms with van der Waals surface area (Å²) in [6, 6.07) is 5.67. The van der Waals surface area contributed by atoms with Gasteiger partial charge in [0.1, 0.15) is 17.2 Å². The van der Waals surface area contributed by atoms with E-state index in [4.69, 9.17) is 21.1 Å². The van der Waals surface area contributed by atoms with Crippen LogP contribution in [0.3, 0.4) is 0 Å². The van der Waals surface area contributed by atoms with Gasteiger partial charge < -0.3 is 14.8 Å². The highest BCUT2D eigenvalue weighted by molar-refractivity contribution is 6.30. The van der Waals surface area contributed by atoms with E-state index in [0.717, 1.165) is 0 Å². The second-order valence-corrected chi connectivity index (χ2v) is 9.29. The fourth-order valence-electron chi connectivity index (χ4n) is 2.60. The number of carbonyl (C=O) groups excluding carboxylic acids is 2. The zero-order chi connectivity index (χ0) is 22.7. The molecule has 0 bridgehead atoms. The Balaban J connectivity index is 2.28. The van der Waals surface area contributed by atoms with E-state index in [2.05, 4.69) is 10.4 Å². The summed E-state index contributed by atoms with van der Waals surface area (Å²) in [5.74, 6) is -0.664. The van der Waals surface area contributed by atoms with Gasteiger partial charge in [0.2, 0.25) is 0 Å². The lowest BCUT2D eigenvalue weighted by molar-refractivity contribution is -0.157. The van der Waals surface area contributed by atoms with Gasteiger partial charge in [-0.15, -0.1) is 0 Å². The van der Waals surface area contributed by atoms with Gasteiger partial charge in [-0.2, -0.15) is 0 Å². The van der Waals surface area contributed by atoms with Gasteiger partial charge in [-0.25, -0.2) is 14.3 Å². The van der Waals surface area contributed by atoms with Gasteiger partial charge in [0.15, 0.2) is 0 Å². The van der Waals surface area contributed by atoms with Crippen LogP contribution >= 0.6 is 11.6 Å². The van der Waals surface area contributed by atoms with E-state index in [1.807, 2.05) is 0 Å². The predicted molar refractivity (Wildman–Crippen MR) is 114 cm³/mol. The van der Waals surface area contributed by atoms with Gasteiger partial charge in [-0.1, -0.05) is 17.7 Å². The molecule has 2 rings (SSSR count). The average Bonchev–Trinajstić information content (AvgIpc) is 2.91. The summed E-state index contributed by atoms with van der Waals surface area (Å²) in [5.41, 5.74) is -1.02. The first-order valence-corrected chi connectivity index (χ1v) is 9.90. The molecule has 9 heteroatoms. The average molecular weight is 438 g/mol. The molecule has 1 aromatic carbocycles. The number of carbonyl (C=O) groups is 2. The maximum atomic E-state index is 12.8. The first-order chi connectivity index (χ1) is 13.7. The third-order valence-corrected chi connectivity index (χ3v) is 3.95. The van der Waals surface area contributed by atoms with Crippen molar-refractivity contribution in [1.82, 2.24) is 15.1 Å². The van der Waals surface area contributed by atoms with Crippen molar-refractivity contribution < 1.29 is 19.1 Å². The Morgan fingerprint density at radius 1 is 1.13 bits per heavy atom. The Bertz CT molecular complexity index is 966. The van der Waals surface area contributed by atoms with Crippen LogP contribution in [0.5, 0.6) is 0 Å². The second kappa shape index (κ2) is 8.95. The molecule has 30 heavy (non-hydrogen) atoms. The molecule has 0 radical (unpaired) electrons. The molecule has 0 aliphatic carbocycles. The van der Waals surface area contributed by atoms with Gasteiger partial charge in [-0.05, 0) is 59.7 Å². The van der Waals surface area contributed by atoms with E-state index in [9.17, 15) is 14.4 Å². The summed E-state index contributed by atoms with van der Waals surface area (Å²) in [6.45, 7) is 10.3. The standard InChI is InChI=1S/C21H28ClN3O5/c1-20(2,3)29-18(27)16(24-19(28)30-21(4,5)6)10-13-12-23-25(17(13)26)15-9-7-8-14(22)11-15/h7-9,11-12,16,23H,10H2,1-6H3,(H,24,28)/t16-/m0/s1. The van der Waals surface area contributed by atoms with Crippen LogP contribution in [0.4, 0.5) is 4.79 Å². The summed E-state index contributed by atoms with van der Waals surface area (Å²) < 4.78 is 12.0. The Hall–Kier alpha value is -2.74. The molecule has 8 nitrogen and oxygen atoms in total. The molecule has 0 fully saturated rings. The van der Waals surface area contributed by atoms with Crippen LogP contribution in [0.15, 0.2) is 35.3 Å². The van der Waals surface area contributed by atoms with Crippen molar-refractivity contribution >= 4 is 23.7 Å². The number of rotatable bonds is 5. The van der Waals surface area contributed by atoms with Crippen LogP contribution in [0.25, 0.3) is 5.69 Å². The number of benzene rings is 1. The SMILES string of the molecule is CC(C)(C)OC(=O)N[C@@H](Cc1c[nH]n(-c2cccc(Cl)c2)c1=O)C(=O)OC(C)(C)C. The molecule has 1 amide bonds. The minimum absolute atomic E-state index is 0.0724. The number of hydrogen-bond acceptors (Lipinski definition) is 5. The Morgan fingerprint density at radius 3 is 2.33 bits per heavy atom. The van der Waals surface area contributed by atoms with E-state index < -0.39 is 29.3 Å². The van der Waals surface area contributed by atoms with E-state index in [0.29, 0.717) is 16.3 Å². The number of aromatic nitrogens is 2. The maximum absolute atomic E-state index is 12.8. The third kappa shape index (κ3) is 6.95. The van der Waals surface area contributed by atoms with Crippen LogP contribution in [0.2, 0.25) is 5.02 Å². The highest BCUT2D eigenvalue weighted by Gasteiger charge is 2.30. The lowest BCUT2D eigenvalue weighted by Gasteiger charge is -2.26. The number of nitrogens with zero attached hydrogens (tertiary/aromatic N) is 1. The van der Waals surface area contributed by atoms with Gasteiger partial charge in [-0.3, -0.25) is 9.89 Å². The van der Waals surface area contributed by atoms with E-state index in [-0.39, 0.29) is 12.0 Å². The first kappa shape index (κ1) is 23.5.